The van der Waals surface area contributed by atoms with Gasteiger partial charge in [0.15, 0.2) is 0 Å². The van der Waals surface area contributed by atoms with Crippen LogP contribution in [0.15, 0.2) is 60.7 Å². The van der Waals surface area contributed by atoms with Crippen LogP contribution < -0.4 is 14.8 Å². The largest absolute Gasteiger partial charge is 0.514 e. The van der Waals surface area contributed by atoms with Gasteiger partial charge in [0.05, 0.1) is 23.1 Å². The van der Waals surface area contributed by atoms with E-state index in [2.05, 4.69) is 25.0 Å². The van der Waals surface area contributed by atoms with E-state index in [9.17, 15) is 34.6 Å². The molecule has 0 radical (unpaired) electrons. The standard InChI is InChI=1S/C29H35N3O12Si/c1-45(2,3)18-17-40-27(33)30-26-6-4-5-23(43-29(35)44-25-15-10-22(11-16-25)32(38)39)12-7-20(26)19-41-28(34)42-24-13-8-21(9-14-24)31(36)37/h4-5,8-11,13-16,20,23,26H,6-7,12,17-19H2,1-3H3,(H,30,33). The van der Waals surface area contributed by atoms with Crippen molar-refractivity contribution in [2.45, 2.75) is 57.1 Å². The summed E-state index contributed by atoms with van der Waals surface area (Å²) in [7, 11) is -1.42. The molecule has 3 rings (SSSR count). The Balaban J connectivity index is 1.62. The minimum Gasteiger partial charge on any atom is -0.450 e. The summed E-state index contributed by atoms with van der Waals surface area (Å²) in [5, 5.41) is 24.5. The van der Waals surface area contributed by atoms with Gasteiger partial charge in [-0.15, -0.1) is 0 Å². The monoisotopic (exact) mass is 645 g/mol. The van der Waals surface area contributed by atoms with Gasteiger partial charge in [-0.05, 0) is 55.6 Å². The number of hydrogen-bond donors (Lipinski definition) is 1. The van der Waals surface area contributed by atoms with Gasteiger partial charge in [0.1, 0.15) is 17.6 Å². The molecule has 0 spiro atoms. The van der Waals surface area contributed by atoms with E-state index in [0.717, 1.165) is 6.04 Å². The van der Waals surface area contributed by atoms with E-state index < -0.39 is 54.4 Å². The maximum atomic E-state index is 12.6. The summed E-state index contributed by atoms with van der Waals surface area (Å²) < 4.78 is 26.4. The Bertz CT molecular complexity index is 1380. The second kappa shape index (κ2) is 16.2. The van der Waals surface area contributed by atoms with Crippen LogP contribution in [0.4, 0.5) is 25.8 Å². The third-order valence-corrected chi connectivity index (χ3v) is 8.38. The van der Waals surface area contributed by atoms with Crippen LogP contribution in [0.1, 0.15) is 19.3 Å². The molecule has 0 saturated carbocycles. The molecule has 45 heavy (non-hydrogen) atoms. The summed E-state index contributed by atoms with van der Waals surface area (Å²) in [5.74, 6) is -0.331. The molecule has 3 atom stereocenters. The number of ether oxygens (including phenoxy) is 5. The Kier molecular flexibility index (Phi) is 12.4. The number of amides is 1. The fraction of sp³-hybridized carbons (Fsp3) is 0.414. The third kappa shape index (κ3) is 12.3. The highest BCUT2D eigenvalue weighted by Crippen LogP contribution is 2.24. The topological polar surface area (TPSA) is 196 Å². The lowest BCUT2D eigenvalue weighted by atomic mass is 9.89. The summed E-state index contributed by atoms with van der Waals surface area (Å²) in [6, 6.07) is 10.1. The highest BCUT2D eigenvalue weighted by molar-refractivity contribution is 6.76. The van der Waals surface area contributed by atoms with Gasteiger partial charge >= 0.3 is 18.4 Å². The molecular formula is C29H35N3O12Si. The Morgan fingerprint density at radius 2 is 1.40 bits per heavy atom. The lowest BCUT2D eigenvalue weighted by molar-refractivity contribution is -0.385. The number of rotatable bonds is 11. The highest BCUT2D eigenvalue weighted by Gasteiger charge is 2.29. The molecule has 1 amide bonds. The van der Waals surface area contributed by atoms with E-state index in [4.69, 9.17) is 23.7 Å². The minimum absolute atomic E-state index is 0.0480. The van der Waals surface area contributed by atoms with E-state index in [1.54, 1.807) is 12.2 Å². The molecular weight excluding hydrogens is 610 g/mol. The average molecular weight is 646 g/mol. The molecule has 2 aromatic carbocycles. The van der Waals surface area contributed by atoms with Crippen molar-refractivity contribution in [1.82, 2.24) is 5.32 Å². The summed E-state index contributed by atoms with van der Waals surface area (Å²) in [6.45, 7) is 6.60. The number of carbonyl (C=O) groups excluding carboxylic acids is 3. The van der Waals surface area contributed by atoms with Crippen molar-refractivity contribution in [2.24, 2.45) is 5.92 Å². The van der Waals surface area contributed by atoms with E-state index >= 15 is 0 Å². The summed E-state index contributed by atoms with van der Waals surface area (Å²) in [5.41, 5.74) is -0.330. The van der Waals surface area contributed by atoms with Gasteiger partial charge < -0.3 is 29.0 Å². The van der Waals surface area contributed by atoms with Gasteiger partial charge in [-0.2, -0.15) is 0 Å². The molecule has 0 aliphatic heterocycles. The fourth-order valence-corrected chi connectivity index (χ4v) is 4.89. The molecule has 1 aliphatic rings. The number of benzene rings is 2. The molecule has 16 heteroatoms. The van der Waals surface area contributed by atoms with Gasteiger partial charge in [0, 0.05) is 44.3 Å². The first-order valence-electron chi connectivity index (χ1n) is 14.1. The molecule has 1 aliphatic carbocycles. The van der Waals surface area contributed by atoms with Gasteiger partial charge in [0.2, 0.25) is 0 Å². The molecule has 0 aromatic heterocycles. The summed E-state index contributed by atoms with van der Waals surface area (Å²) in [4.78, 5) is 57.9. The number of non-ortho nitro benzene ring substituents is 2. The number of carbonyl (C=O) groups is 3. The quantitative estimate of drug-likeness (QED) is 0.0538. The van der Waals surface area contributed by atoms with Crippen molar-refractivity contribution in [3.05, 3.63) is 80.9 Å². The van der Waals surface area contributed by atoms with E-state index in [-0.39, 0.29) is 42.5 Å². The Hall–Kier alpha value is -4.99. The number of alkyl carbamates (subject to hydrolysis) is 1. The molecule has 2 aromatic rings. The van der Waals surface area contributed by atoms with Crippen LogP contribution in [0.2, 0.25) is 25.7 Å². The Morgan fingerprint density at radius 1 is 0.844 bits per heavy atom. The first-order valence-corrected chi connectivity index (χ1v) is 17.8. The van der Waals surface area contributed by atoms with E-state index in [1.165, 1.54) is 48.5 Å². The van der Waals surface area contributed by atoms with Crippen LogP contribution in [-0.2, 0) is 14.2 Å². The number of hydrogen-bond acceptors (Lipinski definition) is 12. The van der Waals surface area contributed by atoms with Crippen LogP contribution in [0, 0.1) is 26.1 Å². The molecule has 15 nitrogen and oxygen atoms in total. The Labute approximate surface area is 259 Å². The molecule has 0 heterocycles. The third-order valence-electron chi connectivity index (χ3n) is 6.68. The van der Waals surface area contributed by atoms with Crippen molar-refractivity contribution in [1.29, 1.82) is 0 Å². The number of nitrogens with one attached hydrogen (secondary N) is 1. The van der Waals surface area contributed by atoms with Crippen molar-refractivity contribution >= 4 is 37.9 Å². The fourth-order valence-electron chi connectivity index (χ4n) is 4.18. The smallest absolute Gasteiger partial charge is 0.450 e. The first-order chi connectivity index (χ1) is 21.3. The van der Waals surface area contributed by atoms with Crippen molar-refractivity contribution in [3.8, 4) is 11.5 Å². The molecule has 0 fully saturated rings. The van der Waals surface area contributed by atoms with E-state index in [1.807, 2.05) is 0 Å². The van der Waals surface area contributed by atoms with Crippen molar-refractivity contribution in [3.63, 3.8) is 0 Å². The zero-order chi connectivity index (χ0) is 33.0. The SMILES string of the molecule is C[Si](C)(C)CCOC(=O)NC1CC=CC(OC(=O)Oc2ccc([N+](=O)[O-])cc2)CCC1COC(=O)Oc1ccc([N+](=O)[O-])cc1. The van der Waals surface area contributed by atoms with Gasteiger partial charge in [-0.1, -0.05) is 25.7 Å². The maximum Gasteiger partial charge on any atom is 0.514 e. The molecule has 1 N–H and O–H groups in total. The lowest BCUT2D eigenvalue weighted by Crippen LogP contribution is -2.43. The summed E-state index contributed by atoms with van der Waals surface area (Å²) in [6.07, 6.45) is 0.910. The zero-order valence-corrected chi connectivity index (χ0v) is 26.0. The van der Waals surface area contributed by atoms with Gasteiger partial charge in [-0.3, -0.25) is 20.2 Å². The predicted octanol–water partition coefficient (Wildman–Crippen LogP) is 6.39. The number of nitro groups is 2. The molecule has 3 unspecified atom stereocenters. The van der Waals surface area contributed by atoms with Crippen molar-refractivity contribution < 1.29 is 47.9 Å². The van der Waals surface area contributed by atoms with Gasteiger partial charge in [-0.25, -0.2) is 14.4 Å². The van der Waals surface area contributed by atoms with Crippen LogP contribution in [0.25, 0.3) is 0 Å². The number of nitro benzene ring substituents is 2. The average Bonchev–Trinajstić information content (AvgIpc) is 2.95. The minimum atomic E-state index is -1.42. The molecule has 0 bridgehead atoms. The second-order valence-corrected chi connectivity index (χ2v) is 17.0. The molecule has 242 valence electrons. The Morgan fingerprint density at radius 3 is 1.93 bits per heavy atom. The second-order valence-electron chi connectivity index (χ2n) is 11.4. The van der Waals surface area contributed by atoms with E-state index in [0.29, 0.717) is 12.8 Å². The van der Waals surface area contributed by atoms with Gasteiger partial charge in [0.25, 0.3) is 11.4 Å². The van der Waals surface area contributed by atoms with Crippen LogP contribution in [-0.4, -0.2) is 61.7 Å². The maximum absolute atomic E-state index is 12.6. The highest BCUT2D eigenvalue weighted by atomic mass is 28.3. The van der Waals surface area contributed by atoms with Crippen LogP contribution >= 0.6 is 0 Å². The normalized spacial score (nSPS) is 18.0. The van der Waals surface area contributed by atoms with Crippen LogP contribution in [0.3, 0.4) is 0 Å². The van der Waals surface area contributed by atoms with Crippen LogP contribution in [0.5, 0.6) is 11.5 Å². The lowest BCUT2D eigenvalue weighted by Gasteiger charge is -2.29. The zero-order valence-electron chi connectivity index (χ0n) is 25.0. The first kappa shape index (κ1) is 34.5. The predicted molar refractivity (Wildman–Crippen MR) is 162 cm³/mol. The molecule has 0 saturated heterocycles. The number of nitrogens with zero attached hydrogens (tertiary/aromatic N) is 2. The summed E-state index contributed by atoms with van der Waals surface area (Å²) >= 11 is 0. The van der Waals surface area contributed by atoms with Crippen molar-refractivity contribution in [2.75, 3.05) is 13.2 Å².